The van der Waals surface area contributed by atoms with E-state index in [-0.39, 0.29) is 22.8 Å². The van der Waals surface area contributed by atoms with Gasteiger partial charge in [0.1, 0.15) is 5.82 Å². The van der Waals surface area contributed by atoms with Gasteiger partial charge in [0.2, 0.25) is 0 Å². The number of fused-ring (bicyclic) bond motifs is 1. The molecule has 0 bridgehead atoms. The van der Waals surface area contributed by atoms with Crippen molar-refractivity contribution in [2.45, 2.75) is 6.42 Å². The highest BCUT2D eigenvalue weighted by Crippen LogP contribution is 2.25. The van der Waals surface area contributed by atoms with Crippen molar-refractivity contribution < 1.29 is 9.18 Å². The lowest BCUT2D eigenvalue weighted by molar-refractivity contribution is 0.0993. The molecule has 0 fully saturated rings. The minimum Gasteiger partial charge on any atom is -0.360 e. The van der Waals surface area contributed by atoms with Crippen molar-refractivity contribution in [3.05, 3.63) is 69.0 Å². The number of carbonyl (C=O) groups excluding carboxylic acids is 1. The third kappa shape index (κ3) is 2.74. The van der Waals surface area contributed by atoms with Gasteiger partial charge in [0.15, 0.2) is 5.78 Å². The van der Waals surface area contributed by atoms with Crippen LogP contribution in [0, 0.1) is 5.82 Å². The van der Waals surface area contributed by atoms with Crippen LogP contribution in [0.15, 0.2) is 47.1 Å². The fraction of sp³-hybridized carbons (Fsp3) is 0.0625. The third-order valence-electron chi connectivity index (χ3n) is 3.34. The van der Waals surface area contributed by atoms with Gasteiger partial charge < -0.3 is 4.98 Å². The van der Waals surface area contributed by atoms with Crippen molar-refractivity contribution in [1.29, 1.82) is 0 Å². The molecule has 1 heterocycles. The summed E-state index contributed by atoms with van der Waals surface area (Å²) in [5, 5.41) is 1.08. The molecular formula is C16H10BrClFNO. The van der Waals surface area contributed by atoms with E-state index in [2.05, 4.69) is 20.9 Å². The van der Waals surface area contributed by atoms with Crippen LogP contribution in [0.25, 0.3) is 10.9 Å². The Morgan fingerprint density at radius 2 is 2.10 bits per heavy atom. The zero-order valence-corrected chi connectivity index (χ0v) is 13.1. The second-order valence-corrected chi connectivity index (χ2v) is 6.02. The van der Waals surface area contributed by atoms with Gasteiger partial charge in [0, 0.05) is 44.1 Å². The lowest BCUT2D eigenvalue weighted by Gasteiger charge is -2.04. The molecule has 0 radical (unpaired) electrons. The highest BCUT2D eigenvalue weighted by molar-refractivity contribution is 9.10. The molecule has 0 unspecified atom stereocenters. The number of hydrogen-bond acceptors (Lipinski definition) is 1. The quantitative estimate of drug-likeness (QED) is 0.639. The molecule has 1 N–H and O–H groups in total. The maximum Gasteiger partial charge on any atom is 0.169 e. The van der Waals surface area contributed by atoms with Crippen LogP contribution in [0.1, 0.15) is 15.9 Å². The van der Waals surface area contributed by atoms with Crippen LogP contribution in [0.4, 0.5) is 4.39 Å². The topological polar surface area (TPSA) is 32.9 Å². The summed E-state index contributed by atoms with van der Waals surface area (Å²) in [6.45, 7) is 0. The SMILES string of the molecule is O=C(Cc1c(F)cccc1Cl)c1c[nH]c2cc(Br)ccc12. The first kappa shape index (κ1) is 14.3. The molecule has 0 saturated carbocycles. The molecule has 21 heavy (non-hydrogen) atoms. The first-order valence-electron chi connectivity index (χ1n) is 6.29. The third-order valence-corrected chi connectivity index (χ3v) is 4.19. The van der Waals surface area contributed by atoms with Gasteiger partial charge in [-0.3, -0.25) is 4.79 Å². The van der Waals surface area contributed by atoms with Crippen LogP contribution in [-0.4, -0.2) is 10.8 Å². The molecule has 0 aliphatic heterocycles. The molecule has 0 atom stereocenters. The number of benzene rings is 2. The summed E-state index contributed by atoms with van der Waals surface area (Å²) in [4.78, 5) is 15.5. The average Bonchev–Trinajstić information content (AvgIpc) is 2.85. The number of nitrogens with one attached hydrogen (secondary N) is 1. The van der Waals surface area contributed by atoms with E-state index in [4.69, 9.17) is 11.6 Å². The van der Waals surface area contributed by atoms with Gasteiger partial charge in [-0.05, 0) is 24.3 Å². The zero-order valence-electron chi connectivity index (χ0n) is 10.8. The number of rotatable bonds is 3. The van der Waals surface area contributed by atoms with Gasteiger partial charge in [0.05, 0.1) is 0 Å². The van der Waals surface area contributed by atoms with Crippen molar-refractivity contribution >= 4 is 44.2 Å². The van der Waals surface area contributed by atoms with Crippen molar-refractivity contribution in [2.24, 2.45) is 0 Å². The van der Waals surface area contributed by atoms with Crippen LogP contribution in [0.3, 0.4) is 0 Å². The monoisotopic (exact) mass is 365 g/mol. The number of ketones is 1. The fourth-order valence-electron chi connectivity index (χ4n) is 2.29. The second-order valence-electron chi connectivity index (χ2n) is 4.69. The predicted octanol–water partition coefficient (Wildman–Crippen LogP) is 5.15. The summed E-state index contributed by atoms with van der Waals surface area (Å²) < 4.78 is 14.7. The Morgan fingerprint density at radius 3 is 2.86 bits per heavy atom. The standard InChI is InChI=1S/C16H10BrClFNO/c17-9-4-5-10-12(8-20-15(10)6-9)16(21)7-11-13(18)2-1-3-14(11)19/h1-6,8,20H,7H2. The molecule has 106 valence electrons. The van der Waals surface area contributed by atoms with Gasteiger partial charge in [-0.25, -0.2) is 4.39 Å². The molecule has 3 rings (SSSR count). The Balaban J connectivity index is 1.98. The van der Waals surface area contributed by atoms with Crippen molar-refractivity contribution in [3.8, 4) is 0 Å². The van der Waals surface area contributed by atoms with E-state index in [9.17, 15) is 9.18 Å². The van der Waals surface area contributed by atoms with E-state index in [1.54, 1.807) is 12.3 Å². The van der Waals surface area contributed by atoms with Gasteiger partial charge in [-0.1, -0.05) is 39.7 Å². The normalized spacial score (nSPS) is 11.0. The van der Waals surface area contributed by atoms with E-state index in [0.29, 0.717) is 5.56 Å². The predicted molar refractivity (Wildman–Crippen MR) is 85.4 cm³/mol. The Kier molecular flexibility index (Phi) is 3.83. The maximum absolute atomic E-state index is 13.8. The highest BCUT2D eigenvalue weighted by atomic mass is 79.9. The fourth-order valence-corrected chi connectivity index (χ4v) is 2.88. The van der Waals surface area contributed by atoms with E-state index < -0.39 is 5.82 Å². The van der Waals surface area contributed by atoms with Crippen molar-refractivity contribution in [2.75, 3.05) is 0 Å². The first-order valence-corrected chi connectivity index (χ1v) is 7.46. The Morgan fingerprint density at radius 1 is 1.29 bits per heavy atom. The van der Waals surface area contributed by atoms with E-state index in [1.807, 2.05) is 18.2 Å². The Labute approximate surface area is 134 Å². The first-order chi connectivity index (χ1) is 10.1. The summed E-state index contributed by atoms with van der Waals surface area (Å²) in [6, 6.07) is 10.0. The van der Waals surface area contributed by atoms with Crippen LogP contribution >= 0.6 is 27.5 Å². The highest BCUT2D eigenvalue weighted by Gasteiger charge is 2.16. The Hall–Kier alpha value is -1.65. The zero-order chi connectivity index (χ0) is 15.0. The van der Waals surface area contributed by atoms with Gasteiger partial charge >= 0.3 is 0 Å². The van der Waals surface area contributed by atoms with Gasteiger partial charge in [-0.2, -0.15) is 0 Å². The molecule has 2 nitrogen and oxygen atoms in total. The van der Waals surface area contributed by atoms with Gasteiger partial charge in [0.25, 0.3) is 0 Å². The van der Waals surface area contributed by atoms with Crippen LogP contribution in [-0.2, 0) is 6.42 Å². The number of Topliss-reactive ketones (excluding diaryl/α,β-unsaturated/α-hetero) is 1. The summed E-state index contributed by atoms with van der Waals surface area (Å²) in [5.74, 6) is -0.631. The molecule has 0 saturated heterocycles. The Bertz CT molecular complexity index is 823. The summed E-state index contributed by atoms with van der Waals surface area (Å²) >= 11 is 9.35. The largest absolute Gasteiger partial charge is 0.360 e. The van der Waals surface area contributed by atoms with Crippen molar-refractivity contribution in [1.82, 2.24) is 4.98 Å². The number of halogens is 3. The molecule has 3 aromatic rings. The lowest BCUT2D eigenvalue weighted by atomic mass is 10.0. The molecule has 5 heteroatoms. The maximum atomic E-state index is 13.8. The molecule has 1 aromatic heterocycles. The van der Waals surface area contributed by atoms with Crippen LogP contribution in [0.2, 0.25) is 5.02 Å². The van der Waals surface area contributed by atoms with E-state index >= 15 is 0 Å². The van der Waals surface area contributed by atoms with E-state index in [0.717, 1.165) is 15.4 Å². The number of H-pyrrole nitrogens is 1. The summed E-state index contributed by atoms with van der Waals surface area (Å²) in [6.07, 6.45) is 1.59. The molecule has 0 spiro atoms. The minimum atomic E-state index is -0.460. The molecular weight excluding hydrogens is 357 g/mol. The smallest absolute Gasteiger partial charge is 0.169 e. The molecule has 0 aliphatic rings. The van der Waals surface area contributed by atoms with Crippen molar-refractivity contribution in [3.63, 3.8) is 0 Å². The summed E-state index contributed by atoms with van der Waals surface area (Å²) in [5.41, 5.74) is 1.62. The van der Waals surface area contributed by atoms with Crippen LogP contribution < -0.4 is 0 Å². The summed E-state index contributed by atoms with van der Waals surface area (Å²) in [7, 11) is 0. The second kappa shape index (κ2) is 5.62. The molecule has 0 amide bonds. The lowest BCUT2D eigenvalue weighted by Crippen LogP contribution is -2.05. The minimum absolute atomic E-state index is 0.0610. The number of hydrogen-bond donors (Lipinski definition) is 1. The number of aromatic amines is 1. The average molecular weight is 367 g/mol. The number of carbonyl (C=O) groups is 1. The molecule has 0 aliphatic carbocycles. The van der Waals surface area contributed by atoms with E-state index in [1.165, 1.54) is 12.1 Å². The van der Waals surface area contributed by atoms with Crippen LogP contribution in [0.5, 0.6) is 0 Å². The molecule has 2 aromatic carbocycles. The number of aromatic nitrogens is 1. The van der Waals surface area contributed by atoms with Gasteiger partial charge in [-0.15, -0.1) is 0 Å².